The molecule has 21 heavy (non-hydrogen) atoms. The van der Waals surface area contributed by atoms with Crippen molar-refractivity contribution < 1.29 is 4.43 Å². The van der Waals surface area contributed by atoms with Gasteiger partial charge in [-0.3, -0.25) is 0 Å². The van der Waals surface area contributed by atoms with E-state index in [0.717, 1.165) is 24.0 Å². The molecular weight excluding hydrogens is 272 g/mol. The molecular formula is C19H28OSi. The van der Waals surface area contributed by atoms with Gasteiger partial charge < -0.3 is 4.43 Å². The van der Waals surface area contributed by atoms with Gasteiger partial charge in [-0.1, -0.05) is 51.0 Å². The summed E-state index contributed by atoms with van der Waals surface area (Å²) in [7, 11) is -1.84. The molecule has 1 unspecified atom stereocenters. The zero-order valence-corrected chi connectivity index (χ0v) is 15.1. The van der Waals surface area contributed by atoms with Crippen molar-refractivity contribution in [3.63, 3.8) is 0 Å². The molecule has 0 aliphatic carbocycles. The van der Waals surface area contributed by atoms with E-state index in [9.17, 15) is 0 Å². The zero-order valence-electron chi connectivity index (χ0n) is 14.1. The second-order valence-electron chi connectivity index (χ2n) is 6.96. The SMILES string of the molecule is C#Cc1ccccc1C(CCC=C)O[Si](C)(C)C(C)(C)C. The Bertz CT molecular complexity index is 517. The summed E-state index contributed by atoms with van der Waals surface area (Å²) < 4.78 is 6.63. The topological polar surface area (TPSA) is 9.23 Å². The third kappa shape index (κ3) is 4.59. The van der Waals surface area contributed by atoms with Crippen molar-refractivity contribution in [2.24, 2.45) is 0 Å². The van der Waals surface area contributed by atoms with E-state index >= 15 is 0 Å². The second kappa shape index (κ2) is 7.11. The Hall–Kier alpha value is -1.30. The van der Waals surface area contributed by atoms with E-state index in [-0.39, 0.29) is 11.1 Å². The number of rotatable bonds is 6. The number of hydrogen-bond acceptors (Lipinski definition) is 1. The van der Waals surface area contributed by atoms with Crippen LogP contribution in [0.5, 0.6) is 0 Å². The predicted octanol–water partition coefficient (Wildman–Crippen LogP) is 5.70. The van der Waals surface area contributed by atoms with Gasteiger partial charge in [0.05, 0.1) is 6.10 Å². The van der Waals surface area contributed by atoms with Crippen LogP contribution in [0.4, 0.5) is 0 Å². The van der Waals surface area contributed by atoms with E-state index in [2.05, 4.69) is 52.4 Å². The van der Waals surface area contributed by atoms with Crippen molar-refractivity contribution in [3.05, 3.63) is 48.0 Å². The van der Waals surface area contributed by atoms with E-state index < -0.39 is 8.32 Å². The molecule has 0 amide bonds. The molecule has 2 heteroatoms. The largest absolute Gasteiger partial charge is 0.410 e. The predicted molar refractivity (Wildman–Crippen MR) is 94.8 cm³/mol. The average Bonchev–Trinajstić information content (AvgIpc) is 2.42. The molecule has 114 valence electrons. The number of allylic oxidation sites excluding steroid dienone is 1. The fourth-order valence-corrected chi connectivity index (χ4v) is 3.30. The first-order chi connectivity index (χ1) is 9.73. The smallest absolute Gasteiger partial charge is 0.192 e. The molecule has 0 spiro atoms. The summed E-state index contributed by atoms with van der Waals surface area (Å²) in [6.45, 7) is 15.2. The highest BCUT2D eigenvalue weighted by atomic mass is 28.4. The lowest BCUT2D eigenvalue weighted by atomic mass is 9.99. The molecule has 1 atom stereocenters. The maximum Gasteiger partial charge on any atom is 0.192 e. The van der Waals surface area contributed by atoms with Gasteiger partial charge in [-0.05, 0) is 42.6 Å². The number of benzene rings is 1. The van der Waals surface area contributed by atoms with Crippen molar-refractivity contribution >= 4 is 8.32 Å². The minimum atomic E-state index is -1.84. The number of hydrogen-bond donors (Lipinski definition) is 0. The number of terminal acetylenes is 1. The molecule has 1 aromatic carbocycles. The van der Waals surface area contributed by atoms with Crippen LogP contribution < -0.4 is 0 Å². The third-order valence-corrected chi connectivity index (χ3v) is 8.83. The van der Waals surface area contributed by atoms with E-state index in [4.69, 9.17) is 10.8 Å². The maximum absolute atomic E-state index is 6.63. The fourth-order valence-electron chi connectivity index (χ4n) is 1.99. The molecule has 1 rings (SSSR count). The van der Waals surface area contributed by atoms with Gasteiger partial charge in [0.15, 0.2) is 8.32 Å². The first-order valence-corrected chi connectivity index (χ1v) is 10.5. The zero-order chi connectivity index (χ0) is 16.1. The summed E-state index contributed by atoms with van der Waals surface area (Å²) in [6.07, 6.45) is 9.50. The molecule has 0 fully saturated rings. The molecule has 0 radical (unpaired) electrons. The van der Waals surface area contributed by atoms with Crippen LogP contribution in [0.25, 0.3) is 0 Å². The Balaban J connectivity index is 3.12. The Kier molecular flexibility index (Phi) is 6.01. The summed E-state index contributed by atoms with van der Waals surface area (Å²) in [5.41, 5.74) is 2.07. The molecule has 1 aromatic rings. The molecule has 0 aromatic heterocycles. The Morgan fingerprint density at radius 3 is 2.48 bits per heavy atom. The normalized spacial score (nSPS) is 13.5. The Morgan fingerprint density at radius 1 is 1.33 bits per heavy atom. The molecule has 0 aliphatic heterocycles. The lowest BCUT2D eigenvalue weighted by molar-refractivity contribution is 0.174. The second-order valence-corrected chi connectivity index (χ2v) is 11.7. The van der Waals surface area contributed by atoms with Crippen molar-refractivity contribution in [2.75, 3.05) is 0 Å². The Labute approximate surface area is 131 Å². The lowest BCUT2D eigenvalue weighted by Gasteiger charge is -2.39. The molecule has 0 heterocycles. The van der Waals surface area contributed by atoms with Crippen LogP contribution in [0, 0.1) is 12.3 Å². The summed E-state index contributed by atoms with van der Waals surface area (Å²) >= 11 is 0. The van der Waals surface area contributed by atoms with E-state index in [1.807, 2.05) is 24.3 Å². The van der Waals surface area contributed by atoms with E-state index in [1.54, 1.807) is 0 Å². The highest BCUT2D eigenvalue weighted by molar-refractivity contribution is 6.74. The average molecular weight is 301 g/mol. The van der Waals surface area contributed by atoms with Gasteiger partial charge in [0, 0.05) is 5.56 Å². The molecule has 0 saturated carbocycles. The first-order valence-electron chi connectivity index (χ1n) is 7.57. The van der Waals surface area contributed by atoms with Crippen molar-refractivity contribution in [2.45, 2.75) is 57.8 Å². The minimum Gasteiger partial charge on any atom is -0.410 e. The lowest BCUT2D eigenvalue weighted by Crippen LogP contribution is -2.42. The summed E-state index contributed by atoms with van der Waals surface area (Å²) in [5.74, 6) is 2.79. The standard InChI is InChI=1S/C19H28OSi/c1-8-10-15-18(20-21(6,7)19(3,4)5)17-14-12-11-13-16(17)9-2/h2,8,11-14,18H,1,10,15H2,3-7H3. The summed E-state index contributed by atoms with van der Waals surface area (Å²) in [5, 5.41) is 0.185. The minimum absolute atomic E-state index is 0.0520. The van der Waals surface area contributed by atoms with Gasteiger partial charge in [-0.15, -0.1) is 13.0 Å². The molecule has 0 saturated heterocycles. The summed E-state index contributed by atoms with van der Waals surface area (Å²) in [6, 6.07) is 8.10. The fraction of sp³-hybridized carbons (Fsp3) is 0.474. The molecule has 0 N–H and O–H groups in total. The molecule has 1 nitrogen and oxygen atoms in total. The highest BCUT2D eigenvalue weighted by Crippen LogP contribution is 2.41. The molecule has 0 bridgehead atoms. The maximum atomic E-state index is 6.63. The van der Waals surface area contributed by atoms with Gasteiger partial charge in [0.1, 0.15) is 0 Å². The van der Waals surface area contributed by atoms with Crippen LogP contribution in [-0.2, 0) is 4.43 Å². The van der Waals surface area contributed by atoms with Crippen molar-refractivity contribution in [1.29, 1.82) is 0 Å². The van der Waals surface area contributed by atoms with Crippen LogP contribution in [0.3, 0.4) is 0 Å². The Morgan fingerprint density at radius 2 is 1.95 bits per heavy atom. The van der Waals surface area contributed by atoms with E-state index in [0.29, 0.717) is 0 Å². The van der Waals surface area contributed by atoms with Crippen LogP contribution in [0.1, 0.15) is 50.8 Å². The van der Waals surface area contributed by atoms with Crippen LogP contribution in [-0.4, -0.2) is 8.32 Å². The van der Waals surface area contributed by atoms with Crippen molar-refractivity contribution in [3.8, 4) is 12.3 Å². The highest BCUT2D eigenvalue weighted by Gasteiger charge is 2.39. The van der Waals surface area contributed by atoms with Crippen LogP contribution in [0.2, 0.25) is 18.1 Å². The van der Waals surface area contributed by atoms with Crippen LogP contribution >= 0.6 is 0 Å². The van der Waals surface area contributed by atoms with Gasteiger partial charge in [-0.2, -0.15) is 0 Å². The third-order valence-electron chi connectivity index (χ3n) is 4.34. The van der Waals surface area contributed by atoms with Crippen LogP contribution in [0.15, 0.2) is 36.9 Å². The monoisotopic (exact) mass is 300 g/mol. The van der Waals surface area contributed by atoms with E-state index in [1.165, 1.54) is 0 Å². The molecule has 0 aliphatic rings. The van der Waals surface area contributed by atoms with Gasteiger partial charge in [0.25, 0.3) is 0 Å². The van der Waals surface area contributed by atoms with Gasteiger partial charge in [-0.25, -0.2) is 0 Å². The van der Waals surface area contributed by atoms with Gasteiger partial charge in [0.2, 0.25) is 0 Å². The summed E-state index contributed by atoms with van der Waals surface area (Å²) in [4.78, 5) is 0. The quantitative estimate of drug-likeness (QED) is 0.372. The van der Waals surface area contributed by atoms with Crippen molar-refractivity contribution in [1.82, 2.24) is 0 Å². The van der Waals surface area contributed by atoms with Gasteiger partial charge >= 0.3 is 0 Å². The first kappa shape index (κ1) is 17.7.